The van der Waals surface area contributed by atoms with E-state index in [0.29, 0.717) is 18.7 Å². The van der Waals surface area contributed by atoms with Gasteiger partial charge in [0.15, 0.2) is 0 Å². The molecule has 0 aliphatic carbocycles. The maximum atomic E-state index is 11.9. The van der Waals surface area contributed by atoms with Crippen LogP contribution in [0.3, 0.4) is 0 Å². The molecule has 1 amide bonds. The molecule has 0 radical (unpaired) electrons. The smallest absolute Gasteiger partial charge is 0.237 e. The highest BCUT2D eigenvalue weighted by molar-refractivity contribution is 5.81. The summed E-state index contributed by atoms with van der Waals surface area (Å²) < 4.78 is 0. The van der Waals surface area contributed by atoms with Crippen LogP contribution >= 0.6 is 0 Å². The molecular weight excluding hydrogens is 250 g/mol. The fourth-order valence-corrected chi connectivity index (χ4v) is 1.92. The Bertz CT molecular complexity index is 552. The summed E-state index contributed by atoms with van der Waals surface area (Å²) in [5.74, 6) is -0.148. The zero-order valence-electron chi connectivity index (χ0n) is 11.3. The lowest BCUT2D eigenvalue weighted by Gasteiger charge is -2.12. The highest BCUT2D eigenvalue weighted by atomic mass is 16.2. The molecule has 0 saturated carbocycles. The molecule has 2 aromatic rings. The number of benzene rings is 2. The van der Waals surface area contributed by atoms with E-state index in [9.17, 15) is 4.79 Å². The third-order valence-corrected chi connectivity index (χ3v) is 3.08. The molecular formula is C16H19N3O. The summed E-state index contributed by atoms with van der Waals surface area (Å²) in [7, 11) is 0. The first kappa shape index (κ1) is 14.1. The maximum absolute atomic E-state index is 11.9. The standard InChI is InChI=1S/C16H19N3O/c17-14-8-6-13(7-9-14)11-19-16(20)15(18)10-12-4-2-1-3-5-12/h1-9,15H,10-11,17-18H2,(H,19,20). The fourth-order valence-electron chi connectivity index (χ4n) is 1.92. The summed E-state index contributed by atoms with van der Waals surface area (Å²) in [6.07, 6.45) is 0.536. The van der Waals surface area contributed by atoms with E-state index in [2.05, 4.69) is 5.32 Å². The highest BCUT2D eigenvalue weighted by Gasteiger charge is 2.13. The van der Waals surface area contributed by atoms with Crippen molar-refractivity contribution in [2.75, 3.05) is 5.73 Å². The van der Waals surface area contributed by atoms with Gasteiger partial charge in [0, 0.05) is 12.2 Å². The molecule has 104 valence electrons. The Kier molecular flexibility index (Phi) is 4.74. The van der Waals surface area contributed by atoms with Crippen LogP contribution in [0.1, 0.15) is 11.1 Å². The summed E-state index contributed by atoms with van der Waals surface area (Å²) in [5, 5.41) is 2.83. The minimum atomic E-state index is -0.536. The summed E-state index contributed by atoms with van der Waals surface area (Å²) in [4.78, 5) is 11.9. The Morgan fingerprint density at radius 2 is 1.65 bits per heavy atom. The Morgan fingerprint density at radius 3 is 2.30 bits per heavy atom. The van der Waals surface area contributed by atoms with E-state index in [1.165, 1.54) is 0 Å². The van der Waals surface area contributed by atoms with E-state index in [-0.39, 0.29) is 5.91 Å². The number of nitrogens with two attached hydrogens (primary N) is 2. The van der Waals surface area contributed by atoms with Crippen molar-refractivity contribution in [1.82, 2.24) is 5.32 Å². The molecule has 5 N–H and O–H groups in total. The van der Waals surface area contributed by atoms with E-state index in [0.717, 1.165) is 11.1 Å². The zero-order chi connectivity index (χ0) is 14.4. The van der Waals surface area contributed by atoms with Crippen molar-refractivity contribution < 1.29 is 4.79 Å². The Hall–Kier alpha value is -2.33. The van der Waals surface area contributed by atoms with Gasteiger partial charge in [0.1, 0.15) is 0 Å². The zero-order valence-corrected chi connectivity index (χ0v) is 11.3. The van der Waals surface area contributed by atoms with Crippen molar-refractivity contribution in [2.24, 2.45) is 5.73 Å². The molecule has 4 heteroatoms. The number of rotatable bonds is 5. The van der Waals surface area contributed by atoms with Gasteiger partial charge in [0.2, 0.25) is 5.91 Å². The van der Waals surface area contributed by atoms with Gasteiger partial charge in [-0.15, -0.1) is 0 Å². The SMILES string of the molecule is Nc1ccc(CNC(=O)C(N)Cc2ccccc2)cc1. The maximum Gasteiger partial charge on any atom is 0.237 e. The lowest BCUT2D eigenvalue weighted by atomic mass is 10.1. The summed E-state index contributed by atoms with van der Waals surface area (Å²) in [6.45, 7) is 0.460. The Balaban J connectivity index is 1.83. The van der Waals surface area contributed by atoms with Gasteiger partial charge in [-0.2, -0.15) is 0 Å². The van der Waals surface area contributed by atoms with Crippen molar-refractivity contribution in [2.45, 2.75) is 19.0 Å². The average Bonchev–Trinajstić information content (AvgIpc) is 2.47. The van der Waals surface area contributed by atoms with Gasteiger partial charge in [-0.05, 0) is 29.7 Å². The second-order valence-electron chi connectivity index (χ2n) is 4.76. The molecule has 0 aliphatic heterocycles. The molecule has 2 rings (SSSR count). The third kappa shape index (κ3) is 4.10. The first-order chi connectivity index (χ1) is 9.65. The lowest BCUT2D eigenvalue weighted by molar-refractivity contribution is -0.122. The van der Waals surface area contributed by atoms with Crippen molar-refractivity contribution >= 4 is 11.6 Å². The van der Waals surface area contributed by atoms with Crippen molar-refractivity contribution in [1.29, 1.82) is 0 Å². The van der Waals surface area contributed by atoms with Crippen LogP contribution in [-0.2, 0) is 17.8 Å². The van der Waals surface area contributed by atoms with Crippen LogP contribution < -0.4 is 16.8 Å². The fraction of sp³-hybridized carbons (Fsp3) is 0.188. The largest absolute Gasteiger partial charge is 0.399 e. The van der Waals surface area contributed by atoms with E-state index in [4.69, 9.17) is 11.5 Å². The molecule has 0 saturated heterocycles. The number of nitrogen functional groups attached to an aromatic ring is 1. The predicted molar refractivity (Wildman–Crippen MR) is 80.8 cm³/mol. The van der Waals surface area contributed by atoms with E-state index < -0.39 is 6.04 Å². The molecule has 0 heterocycles. The summed E-state index contributed by atoms with van der Waals surface area (Å²) >= 11 is 0. The molecule has 0 bridgehead atoms. The average molecular weight is 269 g/mol. The van der Waals surface area contributed by atoms with E-state index >= 15 is 0 Å². The second-order valence-corrected chi connectivity index (χ2v) is 4.76. The monoisotopic (exact) mass is 269 g/mol. The molecule has 0 fully saturated rings. The quantitative estimate of drug-likeness (QED) is 0.719. The summed E-state index contributed by atoms with van der Waals surface area (Å²) in [5.41, 5.74) is 14.3. The topological polar surface area (TPSA) is 81.1 Å². The van der Waals surface area contributed by atoms with Crippen molar-refractivity contribution in [3.63, 3.8) is 0 Å². The molecule has 4 nitrogen and oxygen atoms in total. The number of hydrogen-bond acceptors (Lipinski definition) is 3. The van der Waals surface area contributed by atoms with Crippen LogP contribution in [0.5, 0.6) is 0 Å². The first-order valence-corrected chi connectivity index (χ1v) is 6.57. The van der Waals surface area contributed by atoms with Gasteiger partial charge in [0.05, 0.1) is 6.04 Å². The van der Waals surface area contributed by atoms with Crippen LogP contribution in [0.25, 0.3) is 0 Å². The minimum absolute atomic E-state index is 0.148. The number of nitrogens with one attached hydrogen (secondary N) is 1. The van der Waals surface area contributed by atoms with E-state index in [1.807, 2.05) is 54.6 Å². The number of hydrogen-bond donors (Lipinski definition) is 3. The van der Waals surface area contributed by atoms with Crippen LogP contribution in [0, 0.1) is 0 Å². The molecule has 0 spiro atoms. The van der Waals surface area contributed by atoms with Crippen LogP contribution in [0.15, 0.2) is 54.6 Å². The van der Waals surface area contributed by atoms with Gasteiger partial charge in [0.25, 0.3) is 0 Å². The summed E-state index contributed by atoms with van der Waals surface area (Å²) in [6, 6.07) is 16.6. The number of amides is 1. The second kappa shape index (κ2) is 6.73. The number of carbonyl (C=O) groups is 1. The molecule has 1 unspecified atom stereocenters. The predicted octanol–water partition coefficient (Wildman–Crippen LogP) is 1.46. The normalized spacial score (nSPS) is 11.8. The first-order valence-electron chi connectivity index (χ1n) is 6.57. The third-order valence-electron chi connectivity index (χ3n) is 3.08. The Labute approximate surface area is 118 Å². The van der Waals surface area contributed by atoms with E-state index in [1.54, 1.807) is 0 Å². The molecule has 1 atom stereocenters. The van der Waals surface area contributed by atoms with Gasteiger partial charge in [-0.3, -0.25) is 4.79 Å². The van der Waals surface area contributed by atoms with Crippen molar-refractivity contribution in [3.8, 4) is 0 Å². The molecule has 2 aromatic carbocycles. The molecule has 0 aliphatic rings. The van der Waals surface area contributed by atoms with Crippen LogP contribution in [0.2, 0.25) is 0 Å². The van der Waals surface area contributed by atoms with Gasteiger partial charge in [-0.25, -0.2) is 0 Å². The van der Waals surface area contributed by atoms with Gasteiger partial charge >= 0.3 is 0 Å². The highest BCUT2D eigenvalue weighted by Crippen LogP contribution is 2.05. The number of anilines is 1. The minimum Gasteiger partial charge on any atom is -0.399 e. The Morgan fingerprint density at radius 1 is 1.00 bits per heavy atom. The number of carbonyl (C=O) groups excluding carboxylic acids is 1. The lowest BCUT2D eigenvalue weighted by Crippen LogP contribution is -2.41. The molecule has 20 heavy (non-hydrogen) atoms. The van der Waals surface area contributed by atoms with Crippen molar-refractivity contribution in [3.05, 3.63) is 65.7 Å². The van der Waals surface area contributed by atoms with Gasteiger partial charge in [-0.1, -0.05) is 42.5 Å². The molecule has 0 aromatic heterocycles. The van der Waals surface area contributed by atoms with Crippen LogP contribution in [0.4, 0.5) is 5.69 Å². The van der Waals surface area contributed by atoms with Crippen LogP contribution in [-0.4, -0.2) is 11.9 Å². The van der Waals surface area contributed by atoms with Gasteiger partial charge < -0.3 is 16.8 Å².